The lowest BCUT2D eigenvalue weighted by molar-refractivity contribution is -0.117. The van der Waals surface area contributed by atoms with Gasteiger partial charge >= 0.3 is 0 Å². The molecule has 2 rings (SSSR count). The largest absolute Gasteiger partial charge is 0.396 e. The van der Waals surface area contributed by atoms with E-state index in [2.05, 4.69) is 10.6 Å². The van der Waals surface area contributed by atoms with Gasteiger partial charge in [0.15, 0.2) is 0 Å². The van der Waals surface area contributed by atoms with Crippen LogP contribution in [0, 0.1) is 11.8 Å². The zero-order valence-electron chi connectivity index (χ0n) is 11.5. The number of thiophene rings is 1. The predicted octanol–water partition coefficient (Wildman–Crippen LogP) is 1.84. The van der Waals surface area contributed by atoms with Crippen molar-refractivity contribution < 1.29 is 14.7 Å². The zero-order chi connectivity index (χ0) is 14.5. The van der Waals surface area contributed by atoms with E-state index in [1.54, 1.807) is 12.1 Å². The molecule has 1 aromatic rings. The summed E-state index contributed by atoms with van der Waals surface area (Å²) < 4.78 is 0. The highest BCUT2D eigenvalue weighted by Crippen LogP contribution is 2.31. The van der Waals surface area contributed by atoms with Crippen molar-refractivity contribution in [2.75, 3.05) is 18.5 Å². The summed E-state index contributed by atoms with van der Waals surface area (Å²) >= 11 is 1.29. The van der Waals surface area contributed by atoms with Crippen molar-refractivity contribution >= 4 is 28.2 Å². The Bertz CT molecular complexity index is 483. The van der Waals surface area contributed by atoms with Crippen LogP contribution in [0.3, 0.4) is 0 Å². The smallest absolute Gasteiger partial charge is 0.261 e. The minimum absolute atomic E-state index is 0.0513. The van der Waals surface area contributed by atoms with Crippen molar-refractivity contribution in [1.82, 2.24) is 5.32 Å². The van der Waals surface area contributed by atoms with E-state index in [1.807, 2.05) is 6.92 Å². The number of carbonyl (C=O) groups excluding carboxylic acids is 2. The maximum absolute atomic E-state index is 11.9. The van der Waals surface area contributed by atoms with Crippen LogP contribution in [0.25, 0.3) is 0 Å². The van der Waals surface area contributed by atoms with E-state index in [0.717, 1.165) is 17.8 Å². The summed E-state index contributed by atoms with van der Waals surface area (Å²) in [5.74, 6) is 0.328. The Kier molecular flexibility index (Phi) is 5.14. The topological polar surface area (TPSA) is 78.4 Å². The average molecular weight is 296 g/mol. The van der Waals surface area contributed by atoms with Crippen LogP contribution >= 0.6 is 11.3 Å². The van der Waals surface area contributed by atoms with E-state index < -0.39 is 0 Å². The molecule has 0 bridgehead atoms. The van der Waals surface area contributed by atoms with Gasteiger partial charge in [0.05, 0.1) is 9.88 Å². The molecule has 1 aromatic heterocycles. The molecule has 1 fully saturated rings. The van der Waals surface area contributed by atoms with Gasteiger partial charge < -0.3 is 15.7 Å². The second-order valence-electron chi connectivity index (χ2n) is 5.25. The molecular formula is C14H20N2O3S. The standard InChI is InChI=1S/C14H20N2O3S/c1-9(6-7-17)8-15-14(19)11-4-5-12(20-11)16-13(18)10-2-3-10/h4-5,9-10,17H,2-3,6-8H2,1H3,(H,15,19)(H,16,18). The predicted molar refractivity (Wildman–Crippen MR) is 78.9 cm³/mol. The maximum Gasteiger partial charge on any atom is 0.261 e. The summed E-state index contributed by atoms with van der Waals surface area (Å²) in [7, 11) is 0. The Labute approximate surface area is 122 Å². The van der Waals surface area contributed by atoms with Crippen LogP contribution in [0.1, 0.15) is 35.9 Å². The summed E-state index contributed by atoms with van der Waals surface area (Å²) in [6.07, 6.45) is 2.61. The summed E-state index contributed by atoms with van der Waals surface area (Å²) in [5, 5.41) is 15.2. The number of hydrogen-bond acceptors (Lipinski definition) is 4. The second-order valence-corrected chi connectivity index (χ2v) is 6.34. The fourth-order valence-electron chi connectivity index (χ4n) is 1.77. The number of rotatable bonds is 7. The Morgan fingerprint density at radius 1 is 1.45 bits per heavy atom. The number of carbonyl (C=O) groups is 2. The van der Waals surface area contributed by atoms with Crippen LogP contribution < -0.4 is 10.6 Å². The molecule has 0 spiro atoms. The van der Waals surface area contributed by atoms with Gasteiger partial charge in [0.2, 0.25) is 5.91 Å². The molecule has 1 unspecified atom stereocenters. The van der Waals surface area contributed by atoms with Gasteiger partial charge in [0.25, 0.3) is 5.91 Å². The van der Waals surface area contributed by atoms with Crippen molar-refractivity contribution in [3.63, 3.8) is 0 Å². The molecule has 1 atom stereocenters. The van der Waals surface area contributed by atoms with Gasteiger partial charge in [0.1, 0.15) is 0 Å². The fraction of sp³-hybridized carbons (Fsp3) is 0.571. The number of nitrogens with one attached hydrogen (secondary N) is 2. The Morgan fingerprint density at radius 2 is 2.20 bits per heavy atom. The molecule has 1 aliphatic carbocycles. The van der Waals surface area contributed by atoms with Crippen LogP contribution in [0.2, 0.25) is 0 Å². The van der Waals surface area contributed by atoms with Crippen LogP contribution in [-0.2, 0) is 4.79 Å². The lowest BCUT2D eigenvalue weighted by atomic mass is 10.1. The first-order valence-corrected chi connectivity index (χ1v) is 7.71. The van der Waals surface area contributed by atoms with E-state index in [-0.39, 0.29) is 30.3 Å². The normalized spacial score (nSPS) is 15.7. The van der Waals surface area contributed by atoms with Crippen molar-refractivity contribution in [3.8, 4) is 0 Å². The lowest BCUT2D eigenvalue weighted by Crippen LogP contribution is -2.27. The molecule has 3 N–H and O–H groups in total. The highest BCUT2D eigenvalue weighted by molar-refractivity contribution is 7.18. The third-order valence-corrected chi connectivity index (χ3v) is 4.26. The fourth-order valence-corrected chi connectivity index (χ4v) is 2.60. The molecule has 0 radical (unpaired) electrons. The number of aliphatic hydroxyl groups is 1. The minimum Gasteiger partial charge on any atom is -0.396 e. The van der Waals surface area contributed by atoms with Crippen molar-refractivity contribution in [3.05, 3.63) is 17.0 Å². The van der Waals surface area contributed by atoms with Gasteiger partial charge in [-0.15, -0.1) is 11.3 Å². The molecule has 2 amide bonds. The molecule has 1 saturated carbocycles. The van der Waals surface area contributed by atoms with Crippen LogP contribution in [0.5, 0.6) is 0 Å². The van der Waals surface area contributed by atoms with Crippen molar-refractivity contribution in [2.45, 2.75) is 26.2 Å². The van der Waals surface area contributed by atoms with Gasteiger partial charge in [-0.2, -0.15) is 0 Å². The highest BCUT2D eigenvalue weighted by Gasteiger charge is 2.29. The molecular weight excluding hydrogens is 276 g/mol. The molecule has 1 heterocycles. The minimum atomic E-state index is -0.133. The summed E-state index contributed by atoms with van der Waals surface area (Å²) in [4.78, 5) is 24.1. The quantitative estimate of drug-likeness (QED) is 0.718. The van der Waals surface area contributed by atoms with Gasteiger partial charge in [-0.3, -0.25) is 9.59 Å². The van der Waals surface area contributed by atoms with Crippen molar-refractivity contribution in [2.24, 2.45) is 11.8 Å². The van der Waals surface area contributed by atoms with E-state index in [0.29, 0.717) is 17.8 Å². The first kappa shape index (κ1) is 15.0. The SMILES string of the molecule is CC(CCO)CNC(=O)c1ccc(NC(=O)C2CC2)s1. The third-order valence-electron chi connectivity index (χ3n) is 3.26. The molecule has 110 valence electrons. The first-order chi connectivity index (χ1) is 9.60. The molecule has 20 heavy (non-hydrogen) atoms. The monoisotopic (exact) mass is 296 g/mol. The third kappa shape index (κ3) is 4.31. The van der Waals surface area contributed by atoms with Gasteiger partial charge in [-0.25, -0.2) is 0 Å². The van der Waals surface area contributed by atoms with E-state index in [4.69, 9.17) is 5.11 Å². The van der Waals surface area contributed by atoms with E-state index in [1.165, 1.54) is 11.3 Å². The Morgan fingerprint density at radius 3 is 2.85 bits per heavy atom. The molecule has 6 heteroatoms. The maximum atomic E-state index is 11.9. The Balaban J connectivity index is 1.81. The zero-order valence-corrected chi connectivity index (χ0v) is 12.3. The van der Waals surface area contributed by atoms with Gasteiger partial charge in [0, 0.05) is 19.1 Å². The Hall–Kier alpha value is -1.40. The number of amides is 2. The summed E-state index contributed by atoms with van der Waals surface area (Å²) in [6.45, 7) is 2.65. The number of aliphatic hydroxyl groups excluding tert-OH is 1. The number of anilines is 1. The molecule has 0 aromatic carbocycles. The highest BCUT2D eigenvalue weighted by atomic mass is 32.1. The van der Waals surface area contributed by atoms with E-state index in [9.17, 15) is 9.59 Å². The van der Waals surface area contributed by atoms with Gasteiger partial charge in [-0.05, 0) is 37.3 Å². The van der Waals surface area contributed by atoms with Gasteiger partial charge in [-0.1, -0.05) is 6.92 Å². The molecule has 5 nitrogen and oxygen atoms in total. The average Bonchev–Trinajstić information content (AvgIpc) is 3.17. The van der Waals surface area contributed by atoms with Crippen LogP contribution in [0.4, 0.5) is 5.00 Å². The summed E-state index contributed by atoms with van der Waals surface area (Å²) in [5.41, 5.74) is 0. The second kappa shape index (κ2) is 6.85. The van der Waals surface area contributed by atoms with Crippen LogP contribution in [0.15, 0.2) is 12.1 Å². The lowest BCUT2D eigenvalue weighted by Gasteiger charge is -2.10. The van der Waals surface area contributed by atoms with Crippen LogP contribution in [-0.4, -0.2) is 30.1 Å². The first-order valence-electron chi connectivity index (χ1n) is 6.90. The van der Waals surface area contributed by atoms with Crippen molar-refractivity contribution in [1.29, 1.82) is 0 Å². The molecule has 1 aliphatic rings. The van der Waals surface area contributed by atoms with E-state index >= 15 is 0 Å². The molecule has 0 aliphatic heterocycles. The summed E-state index contributed by atoms with van der Waals surface area (Å²) in [6, 6.07) is 3.48. The molecule has 0 saturated heterocycles. The number of hydrogen-bond donors (Lipinski definition) is 3.